The minimum atomic E-state index is 0.0450. The van der Waals surface area contributed by atoms with Gasteiger partial charge in [-0.25, -0.2) is 10.8 Å². The summed E-state index contributed by atoms with van der Waals surface area (Å²) in [5.74, 6) is 6.53. The van der Waals surface area contributed by atoms with E-state index in [-0.39, 0.29) is 12.0 Å². The molecule has 0 saturated heterocycles. The molecule has 6 N–H and O–H groups in total. The molecule has 8 heteroatoms. The van der Waals surface area contributed by atoms with Gasteiger partial charge in [0.1, 0.15) is 16.6 Å². The summed E-state index contributed by atoms with van der Waals surface area (Å²) in [4.78, 5) is 13.5. The standard InChI is InChI=1S/C10H15N7S/c1-5-4-13-9(18-5)6(2)14-7-3-8(17-12)16-10(11)15-7/h3-4,6H,12H2,1-2H3,(H4,11,14,15,16,17). The highest BCUT2D eigenvalue weighted by molar-refractivity contribution is 7.11. The summed E-state index contributed by atoms with van der Waals surface area (Å²) in [7, 11) is 0. The number of hydrogen-bond donors (Lipinski definition) is 4. The lowest BCUT2D eigenvalue weighted by molar-refractivity contribution is 0.859. The highest BCUT2D eigenvalue weighted by Gasteiger charge is 2.11. The van der Waals surface area contributed by atoms with Gasteiger partial charge < -0.3 is 16.5 Å². The van der Waals surface area contributed by atoms with Crippen LogP contribution in [0.3, 0.4) is 0 Å². The van der Waals surface area contributed by atoms with E-state index in [1.807, 2.05) is 20.0 Å². The van der Waals surface area contributed by atoms with Gasteiger partial charge in [-0.1, -0.05) is 0 Å². The number of rotatable bonds is 4. The van der Waals surface area contributed by atoms with Crippen LogP contribution in [0.1, 0.15) is 22.9 Å². The minimum absolute atomic E-state index is 0.0450. The number of nitrogens with zero attached hydrogens (tertiary/aromatic N) is 3. The molecule has 2 aromatic rings. The quantitative estimate of drug-likeness (QED) is 0.486. The number of aryl methyl sites for hydroxylation is 1. The third kappa shape index (κ3) is 2.84. The third-order valence-corrected chi connectivity index (χ3v) is 3.36. The van der Waals surface area contributed by atoms with E-state index in [9.17, 15) is 0 Å². The van der Waals surface area contributed by atoms with Gasteiger partial charge in [-0.15, -0.1) is 11.3 Å². The van der Waals surface area contributed by atoms with Crippen LogP contribution in [0, 0.1) is 6.92 Å². The zero-order valence-electron chi connectivity index (χ0n) is 10.1. The van der Waals surface area contributed by atoms with Crippen LogP contribution >= 0.6 is 11.3 Å². The molecule has 0 aromatic carbocycles. The summed E-state index contributed by atoms with van der Waals surface area (Å²) in [5.41, 5.74) is 8.02. The third-order valence-electron chi connectivity index (χ3n) is 2.27. The van der Waals surface area contributed by atoms with E-state index in [4.69, 9.17) is 11.6 Å². The van der Waals surface area contributed by atoms with Gasteiger partial charge in [0, 0.05) is 17.1 Å². The van der Waals surface area contributed by atoms with Crippen molar-refractivity contribution in [1.29, 1.82) is 0 Å². The van der Waals surface area contributed by atoms with Gasteiger partial charge in [0.25, 0.3) is 0 Å². The Labute approximate surface area is 109 Å². The summed E-state index contributed by atoms with van der Waals surface area (Å²) in [5, 5.41) is 4.20. The molecule has 0 amide bonds. The van der Waals surface area contributed by atoms with Crippen molar-refractivity contribution in [2.24, 2.45) is 5.84 Å². The van der Waals surface area contributed by atoms with Crippen molar-refractivity contribution in [2.45, 2.75) is 19.9 Å². The van der Waals surface area contributed by atoms with E-state index in [2.05, 4.69) is 25.7 Å². The highest BCUT2D eigenvalue weighted by Crippen LogP contribution is 2.23. The van der Waals surface area contributed by atoms with Gasteiger partial charge in [-0.2, -0.15) is 9.97 Å². The number of thiazole rings is 1. The Kier molecular flexibility index (Phi) is 3.58. The van der Waals surface area contributed by atoms with Crippen molar-refractivity contribution < 1.29 is 0 Å². The van der Waals surface area contributed by atoms with Crippen molar-refractivity contribution in [3.8, 4) is 0 Å². The van der Waals surface area contributed by atoms with Crippen LogP contribution in [0.4, 0.5) is 17.6 Å². The number of nitrogens with two attached hydrogens (primary N) is 2. The van der Waals surface area contributed by atoms with E-state index in [1.54, 1.807) is 17.4 Å². The lowest BCUT2D eigenvalue weighted by atomic mass is 10.3. The molecule has 0 fully saturated rings. The Morgan fingerprint density at radius 1 is 1.33 bits per heavy atom. The van der Waals surface area contributed by atoms with Gasteiger partial charge in [0.05, 0.1) is 6.04 Å². The van der Waals surface area contributed by atoms with E-state index in [1.165, 1.54) is 4.88 Å². The molecule has 0 radical (unpaired) electrons. The molecule has 2 heterocycles. The molecule has 0 aliphatic heterocycles. The maximum Gasteiger partial charge on any atom is 0.223 e. The molecule has 0 spiro atoms. The fraction of sp³-hybridized carbons (Fsp3) is 0.300. The van der Waals surface area contributed by atoms with Gasteiger partial charge in [0.2, 0.25) is 5.95 Å². The smallest absolute Gasteiger partial charge is 0.223 e. The fourth-order valence-electron chi connectivity index (χ4n) is 1.47. The monoisotopic (exact) mass is 265 g/mol. The lowest BCUT2D eigenvalue weighted by Gasteiger charge is -2.12. The van der Waals surface area contributed by atoms with Gasteiger partial charge >= 0.3 is 0 Å². The second-order valence-corrected chi connectivity index (χ2v) is 5.08. The number of hydrazine groups is 1. The topological polar surface area (TPSA) is 115 Å². The molecule has 2 aromatic heterocycles. The van der Waals surface area contributed by atoms with Crippen LogP contribution in [-0.2, 0) is 0 Å². The summed E-state index contributed by atoms with van der Waals surface area (Å²) in [6, 6.07) is 1.73. The Bertz CT molecular complexity index is 539. The van der Waals surface area contributed by atoms with Gasteiger partial charge in [0.15, 0.2) is 0 Å². The lowest BCUT2D eigenvalue weighted by Crippen LogP contribution is -2.13. The maximum absolute atomic E-state index is 5.58. The van der Waals surface area contributed by atoms with Crippen LogP contribution in [-0.4, -0.2) is 15.0 Å². The van der Waals surface area contributed by atoms with Crippen molar-refractivity contribution in [2.75, 3.05) is 16.5 Å². The normalized spacial score (nSPS) is 12.2. The summed E-state index contributed by atoms with van der Waals surface area (Å²) in [6.45, 7) is 4.03. The van der Waals surface area contributed by atoms with Crippen LogP contribution in [0.5, 0.6) is 0 Å². The summed E-state index contributed by atoms with van der Waals surface area (Å²) < 4.78 is 0. The van der Waals surface area contributed by atoms with Crippen molar-refractivity contribution in [3.63, 3.8) is 0 Å². The molecule has 2 rings (SSSR count). The van der Waals surface area contributed by atoms with Crippen LogP contribution in [0.25, 0.3) is 0 Å². The van der Waals surface area contributed by atoms with Gasteiger partial charge in [-0.3, -0.25) is 0 Å². The Balaban J connectivity index is 2.16. The molecular weight excluding hydrogens is 250 g/mol. The minimum Gasteiger partial charge on any atom is -0.368 e. The largest absolute Gasteiger partial charge is 0.368 e. The first kappa shape index (κ1) is 12.5. The number of nitrogen functional groups attached to an aromatic ring is 2. The number of aromatic nitrogens is 3. The molecular formula is C10H15N7S. The molecule has 0 saturated carbocycles. The van der Waals surface area contributed by atoms with Crippen molar-refractivity contribution >= 4 is 28.9 Å². The van der Waals surface area contributed by atoms with E-state index < -0.39 is 0 Å². The van der Waals surface area contributed by atoms with Crippen LogP contribution < -0.4 is 22.3 Å². The van der Waals surface area contributed by atoms with Crippen LogP contribution in [0.2, 0.25) is 0 Å². The molecule has 1 unspecified atom stereocenters. The average Bonchev–Trinajstić information content (AvgIpc) is 2.75. The Hall–Kier alpha value is -1.93. The first-order valence-electron chi connectivity index (χ1n) is 5.38. The fourth-order valence-corrected chi connectivity index (χ4v) is 2.25. The first-order valence-corrected chi connectivity index (χ1v) is 6.20. The average molecular weight is 265 g/mol. The highest BCUT2D eigenvalue weighted by atomic mass is 32.1. The van der Waals surface area contributed by atoms with E-state index in [0.29, 0.717) is 11.6 Å². The molecule has 0 bridgehead atoms. The molecule has 18 heavy (non-hydrogen) atoms. The second-order valence-electron chi connectivity index (χ2n) is 3.82. The Morgan fingerprint density at radius 3 is 2.67 bits per heavy atom. The van der Waals surface area contributed by atoms with Gasteiger partial charge in [-0.05, 0) is 13.8 Å². The van der Waals surface area contributed by atoms with E-state index >= 15 is 0 Å². The number of hydrogen-bond acceptors (Lipinski definition) is 8. The SMILES string of the molecule is Cc1cnc(C(C)Nc2cc(NN)nc(N)n2)s1. The van der Waals surface area contributed by atoms with Crippen molar-refractivity contribution in [1.82, 2.24) is 15.0 Å². The molecule has 96 valence electrons. The maximum atomic E-state index is 5.58. The predicted octanol–water partition coefficient (Wildman–Crippen LogP) is 1.28. The zero-order chi connectivity index (χ0) is 13.1. The predicted molar refractivity (Wildman–Crippen MR) is 73.1 cm³/mol. The number of nitrogens with one attached hydrogen (secondary N) is 2. The second kappa shape index (κ2) is 5.15. The Morgan fingerprint density at radius 2 is 2.06 bits per heavy atom. The summed E-state index contributed by atoms with van der Waals surface area (Å²) >= 11 is 1.64. The summed E-state index contributed by atoms with van der Waals surface area (Å²) in [6.07, 6.45) is 1.85. The molecule has 0 aliphatic carbocycles. The zero-order valence-corrected chi connectivity index (χ0v) is 11.0. The molecule has 1 atom stereocenters. The van der Waals surface area contributed by atoms with Crippen LogP contribution in [0.15, 0.2) is 12.3 Å². The van der Waals surface area contributed by atoms with E-state index in [0.717, 1.165) is 5.01 Å². The molecule has 0 aliphatic rings. The van der Waals surface area contributed by atoms with Crippen molar-refractivity contribution in [3.05, 3.63) is 22.1 Å². The first-order chi connectivity index (χ1) is 8.58. The molecule has 7 nitrogen and oxygen atoms in total. The number of anilines is 3.